The molecular formula is C22H34O2Si. The van der Waals surface area contributed by atoms with Crippen LogP contribution in [-0.2, 0) is 14.6 Å². The second-order valence-corrected chi connectivity index (χ2v) is 14.8. The topological polar surface area (TPSA) is 26.3 Å². The number of ketones is 1. The summed E-state index contributed by atoms with van der Waals surface area (Å²) in [6.07, 6.45) is 2.48. The summed E-state index contributed by atoms with van der Waals surface area (Å²) in [5, 5.41) is 0. The fraction of sp³-hybridized carbons (Fsp3) is 0.682. The van der Waals surface area contributed by atoms with Crippen molar-refractivity contribution < 1.29 is 9.22 Å². The third-order valence-corrected chi connectivity index (χ3v) is 13.0. The molecule has 0 saturated heterocycles. The van der Waals surface area contributed by atoms with Crippen molar-refractivity contribution in [1.82, 2.24) is 0 Å². The molecular weight excluding hydrogens is 324 g/mol. The van der Waals surface area contributed by atoms with E-state index >= 15 is 0 Å². The lowest BCUT2D eigenvalue weighted by atomic mass is 9.73. The molecule has 0 N–H and O–H groups in total. The first kappa shape index (κ1) is 18.8. The van der Waals surface area contributed by atoms with Crippen LogP contribution < -0.4 is 0 Å². The predicted molar refractivity (Wildman–Crippen MR) is 107 cm³/mol. The molecule has 2 bridgehead atoms. The molecule has 3 rings (SSSR count). The minimum atomic E-state index is -1.91. The molecule has 2 aliphatic carbocycles. The van der Waals surface area contributed by atoms with E-state index in [1.807, 2.05) is 0 Å². The van der Waals surface area contributed by atoms with E-state index in [4.69, 9.17) is 4.43 Å². The van der Waals surface area contributed by atoms with E-state index in [0.29, 0.717) is 34.7 Å². The van der Waals surface area contributed by atoms with Gasteiger partial charge in [-0.15, -0.1) is 0 Å². The lowest BCUT2D eigenvalue weighted by Crippen LogP contribution is -2.51. The summed E-state index contributed by atoms with van der Waals surface area (Å²) < 4.78 is 6.97. The number of hydrogen-bond donors (Lipinski definition) is 0. The summed E-state index contributed by atoms with van der Waals surface area (Å²) in [6.45, 7) is 14.7. The van der Waals surface area contributed by atoms with Crippen LogP contribution in [0, 0.1) is 0 Å². The summed E-state index contributed by atoms with van der Waals surface area (Å²) in [6, 6.07) is 8.73. The molecule has 2 nitrogen and oxygen atoms in total. The Morgan fingerprint density at radius 2 is 1.68 bits per heavy atom. The van der Waals surface area contributed by atoms with Gasteiger partial charge in [-0.25, -0.2) is 0 Å². The molecule has 0 radical (unpaired) electrons. The SMILES string of the molecule is CC(C)[Si](OC[C@]12CC(=O)C[C@H](C1)c1ccccc12)(C(C)C)C(C)C. The van der Waals surface area contributed by atoms with Crippen LogP contribution in [0.15, 0.2) is 24.3 Å². The summed E-state index contributed by atoms with van der Waals surface area (Å²) in [7, 11) is -1.91. The zero-order chi connectivity index (χ0) is 18.4. The van der Waals surface area contributed by atoms with Gasteiger partial charge < -0.3 is 4.43 Å². The van der Waals surface area contributed by atoms with Crippen LogP contribution in [-0.4, -0.2) is 20.7 Å². The maximum absolute atomic E-state index is 12.5. The highest BCUT2D eigenvalue weighted by Crippen LogP contribution is 2.54. The highest BCUT2D eigenvalue weighted by molar-refractivity contribution is 6.77. The van der Waals surface area contributed by atoms with Crippen molar-refractivity contribution >= 4 is 14.1 Å². The molecule has 138 valence electrons. The maximum Gasteiger partial charge on any atom is 0.200 e. The molecule has 0 unspecified atom stereocenters. The van der Waals surface area contributed by atoms with E-state index in [1.165, 1.54) is 11.1 Å². The van der Waals surface area contributed by atoms with Crippen molar-refractivity contribution in [2.75, 3.05) is 6.61 Å². The molecule has 0 heterocycles. The van der Waals surface area contributed by atoms with Gasteiger partial charge in [-0.3, -0.25) is 4.79 Å². The predicted octanol–water partition coefficient (Wildman–Crippen LogP) is 5.97. The van der Waals surface area contributed by atoms with E-state index in [2.05, 4.69) is 65.8 Å². The van der Waals surface area contributed by atoms with Crippen LogP contribution in [0.1, 0.15) is 77.8 Å². The molecule has 3 heteroatoms. The molecule has 0 spiro atoms. The van der Waals surface area contributed by atoms with Crippen LogP contribution in [0.25, 0.3) is 0 Å². The summed E-state index contributed by atoms with van der Waals surface area (Å²) in [4.78, 5) is 12.5. The smallest absolute Gasteiger partial charge is 0.200 e. The Hall–Kier alpha value is -0.933. The van der Waals surface area contributed by atoms with Crippen molar-refractivity contribution in [3.63, 3.8) is 0 Å². The second-order valence-electron chi connectivity index (χ2n) is 9.29. The quantitative estimate of drug-likeness (QED) is 0.586. The zero-order valence-electron chi connectivity index (χ0n) is 16.8. The largest absolute Gasteiger partial charge is 0.415 e. The standard InChI is InChI=1S/C22H34O2Si/c1-15(2)25(16(3)4,17(5)6)24-14-22-12-18(11-19(23)13-22)20-9-7-8-10-21(20)22/h7-10,15-18H,11-14H2,1-6H3/t18-,22-/m1/s1. The van der Waals surface area contributed by atoms with Gasteiger partial charge in [-0.1, -0.05) is 65.8 Å². The van der Waals surface area contributed by atoms with Crippen molar-refractivity contribution in [1.29, 1.82) is 0 Å². The Bertz CT molecular complexity index is 627. The molecule has 0 aromatic heterocycles. The lowest BCUT2D eigenvalue weighted by molar-refractivity contribution is -0.122. The summed E-state index contributed by atoms with van der Waals surface area (Å²) >= 11 is 0. The number of rotatable bonds is 6. The fourth-order valence-corrected chi connectivity index (χ4v) is 11.6. The van der Waals surface area contributed by atoms with E-state index in [1.54, 1.807) is 0 Å². The molecule has 0 aliphatic heterocycles. The van der Waals surface area contributed by atoms with Crippen LogP contribution >= 0.6 is 0 Å². The van der Waals surface area contributed by atoms with Crippen LogP contribution in [0.4, 0.5) is 0 Å². The van der Waals surface area contributed by atoms with Gasteiger partial charge in [0.25, 0.3) is 0 Å². The molecule has 1 aromatic carbocycles. The van der Waals surface area contributed by atoms with E-state index in [9.17, 15) is 4.79 Å². The Morgan fingerprint density at radius 1 is 1.08 bits per heavy atom. The van der Waals surface area contributed by atoms with E-state index < -0.39 is 8.32 Å². The Labute approximate surface area is 154 Å². The second kappa shape index (κ2) is 6.66. The molecule has 25 heavy (non-hydrogen) atoms. The summed E-state index contributed by atoms with van der Waals surface area (Å²) in [5.41, 5.74) is 4.46. The zero-order valence-corrected chi connectivity index (χ0v) is 17.8. The van der Waals surface area contributed by atoms with Gasteiger partial charge in [0, 0.05) is 24.9 Å². The molecule has 1 fully saturated rings. The molecule has 2 aliphatic rings. The first-order valence-electron chi connectivity index (χ1n) is 9.98. The Morgan fingerprint density at radius 3 is 2.28 bits per heavy atom. The van der Waals surface area contributed by atoms with E-state index in [-0.39, 0.29) is 5.41 Å². The third kappa shape index (κ3) is 2.93. The van der Waals surface area contributed by atoms with Crippen molar-refractivity contribution in [3.8, 4) is 0 Å². The van der Waals surface area contributed by atoms with Gasteiger partial charge in [0.05, 0.1) is 0 Å². The number of benzene rings is 1. The number of fused-ring (bicyclic) bond motifs is 5. The average Bonchev–Trinajstić information content (AvgIpc) is 2.75. The van der Waals surface area contributed by atoms with Gasteiger partial charge in [0.15, 0.2) is 8.32 Å². The van der Waals surface area contributed by atoms with Gasteiger partial charge in [-0.2, -0.15) is 0 Å². The van der Waals surface area contributed by atoms with Crippen LogP contribution in [0.2, 0.25) is 16.6 Å². The van der Waals surface area contributed by atoms with Gasteiger partial charge in [0.2, 0.25) is 0 Å². The van der Waals surface area contributed by atoms with E-state index in [0.717, 1.165) is 19.4 Å². The van der Waals surface area contributed by atoms with Gasteiger partial charge >= 0.3 is 0 Å². The van der Waals surface area contributed by atoms with Crippen molar-refractivity contribution in [2.24, 2.45) is 0 Å². The first-order valence-corrected chi connectivity index (χ1v) is 12.1. The number of Topliss-reactive ketones (excluding diaryl/α,β-unsaturated/α-hetero) is 1. The average molecular weight is 359 g/mol. The normalized spacial score (nSPS) is 26.0. The minimum absolute atomic E-state index is 0.0759. The number of hydrogen-bond acceptors (Lipinski definition) is 2. The van der Waals surface area contributed by atoms with Crippen LogP contribution in [0.5, 0.6) is 0 Å². The summed E-state index contributed by atoms with van der Waals surface area (Å²) in [5.74, 6) is 0.830. The lowest BCUT2D eigenvalue weighted by Gasteiger charge is -2.45. The fourth-order valence-electron chi connectivity index (χ4n) is 6.05. The highest BCUT2D eigenvalue weighted by atomic mass is 28.4. The first-order chi connectivity index (χ1) is 11.7. The third-order valence-electron chi connectivity index (χ3n) is 6.92. The molecule has 1 saturated carbocycles. The maximum atomic E-state index is 12.5. The monoisotopic (exact) mass is 358 g/mol. The van der Waals surface area contributed by atoms with Gasteiger partial charge in [-0.05, 0) is 40.1 Å². The Balaban J connectivity index is 1.94. The van der Waals surface area contributed by atoms with Crippen molar-refractivity contribution in [3.05, 3.63) is 35.4 Å². The van der Waals surface area contributed by atoms with Gasteiger partial charge in [0.1, 0.15) is 5.78 Å². The molecule has 2 atom stereocenters. The minimum Gasteiger partial charge on any atom is -0.415 e. The molecule has 0 amide bonds. The number of carbonyl (C=O) groups is 1. The molecule has 1 aromatic rings. The number of carbonyl (C=O) groups excluding carboxylic acids is 1. The highest BCUT2D eigenvalue weighted by Gasteiger charge is 2.52. The van der Waals surface area contributed by atoms with Crippen molar-refractivity contribution in [2.45, 2.75) is 88.8 Å². The van der Waals surface area contributed by atoms with Crippen LogP contribution in [0.3, 0.4) is 0 Å². The Kier molecular flexibility index (Phi) is 5.02.